The van der Waals surface area contributed by atoms with Crippen molar-refractivity contribution in [2.24, 2.45) is 0 Å². The molecule has 0 bridgehead atoms. The van der Waals surface area contributed by atoms with E-state index in [4.69, 9.17) is 0 Å². The van der Waals surface area contributed by atoms with Crippen LogP contribution in [0.15, 0.2) is 30.3 Å². The summed E-state index contributed by atoms with van der Waals surface area (Å²) in [5.41, 5.74) is 9.29. The monoisotopic (exact) mass is 267 g/mol. The van der Waals surface area contributed by atoms with Crippen LogP contribution in [0.5, 0.6) is 0 Å². The second-order valence-corrected chi connectivity index (χ2v) is 6.05. The number of benzene rings is 2. The fourth-order valence-electron chi connectivity index (χ4n) is 3.25. The van der Waals surface area contributed by atoms with Crippen molar-refractivity contribution >= 4 is 5.69 Å². The Kier molecular flexibility index (Phi) is 4.17. The van der Waals surface area contributed by atoms with Gasteiger partial charge in [0.2, 0.25) is 0 Å². The number of nitrogens with one attached hydrogen (secondary N) is 1. The molecule has 1 atom stereocenters. The Balaban J connectivity index is 2.30. The summed E-state index contributed by atoms with van der Waals surface area (Å²) in [7, 11) is 0. The average Bonchev–Trinajstić information content (AvgIpc) is 2.25. The van der Waals surface area contributed by atoms with Crippen LogP contribution in [0.4, 0.5) is 5.69 Å². The molecular formula is C19H25N. The van der Waals surface area contributed by atoms with Crippen molar-refractivity contribution in [1.29, 1.82) is 0 Å². The van der Waals surface area contributed by atoms with Crippen LogP contribution in [0.2, 0.25) is 0 Å². The molecule has 0 saturated heterocycles. The Morgan fingerprint density at radius 3 is 1.65 bits per heavy atom. The molecule has 1 N–H and O–H groups in total. The van der Waals surface area contributed by atoms with Crippen LogP contribution in [0.3, 0.4) is 0 Å². The maximum atomic E-state index is 3.64. The molecule has 0 aliphatic carbocycles. The van der Waals surface area contributed by atoms with Gasteiger partial charge in [0.05, 0.1) is 0 Å². The van der Waals surface area contributed by atoms with E-state index in [0.717, 1.165) is 0 Å². The smallest absolute Gasteiger partial charge is 0.0490 e. The van der Waals surface area contributed by atoms with Gasteiger partial charge >= 0.3 is 0 Å². The van der Waals surface area contributed by atoms with Crippen molar-refractivity contribution in [3.05, 3.63) is 63.7 Å². The van der Waals surface area contributed by atoms with Crippen LogP contribution >= 0.6 is 0 Å². The van der Waals surface area contributed by atoms with Gasteiger partial charge in [0.1, 0.15) is 0 Å². The molecule has 0 saturated carbocycles. The maximum absolute atomic E-state index is 3.64. The molecular weight excluding hydrogens is 242 g/mol. The molecule has 1 nitrogen and oxygen atoms in total. The predicted molar refractivity (Wildman–Crippen MR) is 88.6 cm³/mol. The van der Waals surface area contributed by atoms with E-state index in [1.807, 2.05) is 0 Å². The zero-order valence-corrected chi connectivity index (χ0v) is 13.5. The molecule has 2 aromatic rings. The highest BCUT2D eigenvalue weighted by atomic mass is 14.9. The molecule has 0 aliphatic rings. The first-order chi connectivity index (χ1) is 9.36. The minimum atomic E-state index is 0.316. The van der Waals surface area contributed by atoms with Gasteiger partial charge in [-0.2, -0.15) is 0 Å². The average molecular weight is 267 g/mol. The third-order valence-corrected chi connectivity index (χ3v) is 3.78. The lowest BCUT2D eigenvalue weighted by molar-refractivity contribution is 0.861. The van der Waals surface area contributed by atoms with Crippen molar-refractivity contribution in [2.75, 3.05) is 5.32 Å². The highest BCUT2D eigenvalue weighted by Gasteiger charge is 2.12. The normalized spacial score (nSPS) is 12.3. The lowest BCUT2D eigenvalue weighted by Crippen LogP contribution is -2.10. The largest absolute Gasteiger partial charge is 0.378 e. The SMILES string of the molecule is Cc1cc(C)cc(NC(C)c2c(C)cc(C)cc2C)c1. The van der Waals surface area contributed by atoms with E-state index in [1.165, 1.54) is 39.1 Å². The van der Waals surface area contributed by atoms with E-state index in [9.17, 15) is 0 Å². The van der Waals surface area contributed by atoms with Crippen LogP contribution in [0.25, 0.3) is 0 Å². The van der Waals surface area contributed by atoms with Gasteiger partial charge in [-0.1, -0.05) is 23.8 Å². The third kappa shape index (κ3) is 3.22. The maximum Gasteiger partial charge on any atom is 0.0490 e. The van der Waals surface area contributed by atoms with Gasteiger partial charge < -0.3 is 5.32 Å². The fraction of sp³-hybridized carbons (Fsp3) is 0.368. The molecule has 20 heavy (non-hydrogen) atoms. The second-order valence-electron chi connectivity index (χ2n) is 6.05. The number of aryl methyl sites for hydroxylation is 5. The summed E-state index contributed by atoms with van der Waals surface area (Å²) in [6, 6.07) is 11.5. The molecule has 2 aromatic carbocycles. The van der Waals surface area contributed by atoms with Crippen LogP contribution in [0.1, 0.15) is 46.3 Å². The van der Waals surface area contributed by atoms with Crippen LogP contribution < -0.4 is 5.32 Å². The number of anilines is 1. The van der Waals surface area contributed by atoms with Crippen LogP contribution in [0, 0.1) is 34.6 Å². The molecule has 0 amide bonds. The summed E-state index contributed by atoms with van der Waals surface area (Å²) in [5, 5.41) is 3.64. The van der Waals surface area contributed by atoms with E-state index >= 15 is 0 Å². The van der Waals surface area contributed by atoms with E-state index < -0.39 is 0 Å². The van der Waals surface area contributed by atoms with Crippen LogP contribution in [-0.2, 0) is 0 Å². The van der Waals surface area contributed by atoms with Crippen molar-refractivity contribution in [2.45, 2.75) is 47.6 Å². The summed E-state index contributed by atoms with van der Waals surface area (Å²) in [4.78, 5) is 0. The van der Waals surface area contributed by atoms with Gasteiger partial charge in [0.25, 0.3) is 0 Å². The van der Waals surface area contributed by atoms with E-state index in [2.05, 4.69) is 77.2 Å². The lowest BCUT2D eigenvalue weighted by Gasteiger charge is -2.21. The summed E-state index contributed by atoms with van der Waals surface area (Å²) >= 11 is 0. The van der Waals surface area contributed by atoms with Gasteiger partial charge in [-0.25, -0.2) is 0 Å². The minimum absolute atomic E-state index is 0.316. The Hall–Kier alpha value is -1.76. The lowest BCUT2D eigenvalue weighted by atomic mass is 9.94. The minimum Gasteiger partial charge on any atom is -0.378 e. The van der Waals surface area contributed by atoms with E-state index in [1.54, 1.807) is 0 Å². The van der Waals surface area contributed by atoms with Gasteiger partial charge in [-0.15, -0.1) is 0 Å². The van der Waals surface area contributed by atoms with E-state index in [-0.39, 0.29) is 0 Å². The highest BCUT2D eigenvalue weighted by Crippen LogP contribution is 2.27. The zero-order valence-electron chi connectivity index (χ0n) is 13.5. The Morgan fingerprint density at radius 1 is 0.700 bits per heavy atom. The molecule has 0 aliphatic heterocycles. The molecule has 0 aromatic heterocycles. The fourth-order valence-corrected chi connectivity index (χ4v) is 3.25. The quantitative estimate of drug-likeness (QED) is 0.785. The van der Waals surface area contributed by atoms with Crippen molar-refractivity contribution in [1.82, 2.24) is 0 Å². The zero-order chi connectivity index (χ0) is 14.9. The van der Waals surface area contributed by atoms with Crippen LogP contribution in [-0.4, -0.2) is 0 Å². The molecule has 1 heteroatoms. The molecule has 106 valence electrons. The number of rotatable bonds is 3. The van der Waals surface area contributed by atoms with Gasteiger partial charge in [0, 0.05) is 11.7 Å². The molecule has 0 radical (unpaired) electrons. The summed E-state index contributed by atoms with van der Waals surface area (Å²) < 4.78 is 0. The van der Waals surface area contributed by atoms with E-state index in [0.29, 0.717) is 6.04 Å². The topological polar surface area (TPSA) is 12.0 Å². The van der Waals surface area contributed by atoms with Crippen molar-refractivity contribution < 1.29 is 0 Å². The third-order valence-electron chi connectivity index (χ3n) is 3.78. The summed E-state index contributed by atoms with van der Waals surface area (Å²) in [6.07, 6.45) is 0. The highest BCUT2D eigenvalue weighted by molar-refractivity contribution is 5.51. The van der Waals surface area contributed by atoms with Crippen molar-refractivity contribution in [3.8, 4) is 0 Å². The standard InChI is InChI=1S/C19H25N/c1-12-7-13(2)11-18(10-12)20-17(6)19-15(4)8-14(3)9-16(19)5/h7-11,17,20H,1-6H3. The molecule has 0 heterocycles. The first-order valence-corrected chi connectivity index (χ1v) is 7.29. The predicted octanol–water partition coefficient (Wildman–Crippen LogP) is 5.40. The first kappa shape index (κ1) is 14.6. The molecule has 1 unspecified atom stereocenters. The molecule has 2 rings (SSSR count). The summed E-state index contributed by atoms with van der Waals surface area (Å²) in [5.74, 6) is 0. The summed E-state index contributed by atoms with van der Waals surface area (Å²) in [6.45, 7) is 13.1. The Labute approximate surface area is 123 Å². The molecule has 0 spiro atoms. The first-order valence-electron chi connectivity index (χ1n) is 7.29. The van der Waals surface area contributed by atoms with Gasteiger partial charge in [-0.05, 0) is 81.5 Å². The van der Waals surface area contributed by atoms with Gasteiger partial charge in [0.15, 0.2) is 0 Å². The van der Waals surface area contributed by atoms with Crippen molar-refractivity contribution in [3.63, 3.8) is 0 Å². The number of hydrogen-bond donors (Lipinski definition) is 1. The Bertz CT molecular complexity index is 582. The van der Waals surface area contributed by atoms with Gasteiger partial charge in [-0.3, -0.25) is 0 Å². The second kappa shape index (κ2) is 5.70. The molecule has 0 fully saturated rings. The number of hydrogen-bond acceptors (Lipinski definition) is 1. The Morgan fingerprint density at radius 2 is 1.15 bits per heavy atom.